The number of carboxylic acids is 1. The minimum Gasteiger partial charge on any atom is -0.476 e. The topological polar surface area (TPSA) is 68.0 Å². The normalized spacial score (nSPS) is 10.3. The predicted molar refractivity (Wildman–Crippen MR) is 57.3 cm³/mol. The van der Waals surface area contributed by atoms with Crippen LogP contribution in [0.25, 0.3) is 0 Å². The number of carboxylic acid groups (broad SMARTS) is 1. The number of aryl methyl sites for hydroxylation is 1. The quantitative estimate of drug-likeness (QED) is 0.842. The molecule has 0 bridgehead atoms. The number of rotatable bonds is 3. The minimum atomic E-state index is -1.02. The Bertz CT molecular complexity index is 519. The van der Waals surface area contributed by atoms with Crippen molar-refractivity contribution in [3.05, 3.63) is 47.5 Å². The standard InChI is InChI=1S/C11H11N3O2/c1-8-3-2-5-12-10(8)7-14-6-4-9(13-14)11(15)16/h2-6H,7H2,1H3,(H,15,16). The molecule has 0 saturated carbocycles. The maximum Gasteiger partial charge on any atom is 0.356 e. The molecule has 0 aliphatic heterocycles. The van der Waals surface area contributed by atoms with Crippen molar-refractivity contribution in [2.24, 2.45) is 0 Å². The van der Waals surface area contributed by atoms with Crippen LogP contribution >= 0.6 is 0 Å². The molecule has 2 heterocycles. The van der Waals surface area contributed by atoms with E-state index in [1.54, 1.807) is 17.1 Å². The summed E-state index contributed by atoms with van der Waals surface area (Å²) < 4.78 is 1.57. The van der Waals surface area contributed by atoms with Gasteiger partial charge in [0, 0.05) is 12.4 Å². The summed E-state index contributed by atoms with van der Waals surface area (Å²) in [5.74, 6) is -1.02. The number of carbonyl (C=O) groups is 1. The summed E-state index contributed by atoms with van der Waals surface area (Å²) in [6, 6.07) is 5.30. The lowest BCUT2D eigenvalue weighted by Gasteiger charge is -2.03. The van der Waals surface area contributed by atoms with Crippen molar-refractivity contribution in [2.45, 2.75) is 13.5 Å². The molecular weight excluding hydrogens is 206 g/mol. The first-order chi connectivity index (χ1) is 7.66. The molecule has 5 nitrogen and oxygen atoms in total. The van der Waals surface area contributed by atoms with Crippen LogP contribution in [0.2, 0.25) is 0 Å². The Labute approximate surface area is 92.4 Å². The summed E-state index contributed by atoms with van der Waals surface area (Å²) >= 11 is 0. The maximum absolute atomic E-state index is 10.6. The predicted octanol–water partition coefficient (Wildman–Crippen LogP) is 1.33. The molecule has 0 aliphatic carbocycles. The molecule has 0 atom stereocenters. The van der Waals surface area contributed by atoms with E-state index in [4.69, 9.17) is 5.11 Å². The summed E-state index contributed by atoms with van der Waals surface area (Å²) in [7, 11) is 0. The first-order valence-electron chi connectivity index (χ1n) is 4.84. The second kappa shape index (κ2) is 4.14. The van der Waals surface area contributed by atoms with Gasteiger partial charge in [0.2, 0.25) is 0 Å². The average molecular weight is 217 g/mol. The second-order valence-corrected chi connectivity index (χ2v) is 3.47. The Balaban J connectivity index is 2.21. The highest BCUT2D eigenvalue weighted by molar-refractivity contribution is 5.85. The van der Waals surface area contributed by atoms with Gasteiger partial charge in [-0.15, -0.1) is 0 Å². The van der Waals surface area contributed by atoms with E-state index in [2.05, 4.69) is 10.1 Å². The molecule has 0 radical (unpaired) electrons. The molecular formula is C11H11N3O2. The van der Waals surface area contributed by atoms with Crippen LogP contribution in [0, 0.1) is 6.92 Å². The van der Waals surface area contributed by atoms with Crippen LogP contribution in [-0.2, 0) is 6.54 Å². The van der Waals surface area contributed by atoms with E-state index in [0.717, 1.165) is 11.3 Å². The molecule has 2 rings (SSSR count). The average Bonchev–Trinajstić information content (AvgIpc) is 2.70. The monoisotopic (exact) mass is 217 g/mol. The zero-order valence-corrected chi connectivity index (χ0v) is 8.79. The molecule has 0 saturated heterocycles. The Kier molecular flexibility index (Phi) is 2.68. The zero-order chi connectivity index (χ0) is 11.5. The van der Waals surface area contributed by atoms with Gasteiger partial charge in [-0.3, -0.25) is 9.67 Å². The third kappa shape index (κ3) is 2.08. The lowest BCUT2D eigenvalue weighted by atomic mass is 10.2. The van der Waals surface area contributed by atoms with Gasteiger partial charge < -0.3 is 5.11 Å². The molecule has 0 aromatic carbocycles. The zero-order valence-electron chi connectivity index (χ0n) is 8.79. The number of hydrogen-bond donors (Lipinski definition) is 1. The first-order valence-corrected chi connectivity index (χ1v) is 4.84. The van der Waals surface area contributed by atoms with Crippen LogP contribution in [0.15, 0.2) is 30.6 Å². The van der Waals surface area contributed by atoms with Gasteiger partial charge in [-0.05, 0) is 24.6 Å². The molecule has 0 unspecified atom stereocenters. The van der Waals surface area contributed by atoms with Crippen molar-refractivity contribution in [1.82, 2.24) is 14.8 Å². The number of hydrogen-bond acceptors (Lipinski definition) is 3. The summed E-state index contributed by atoms with van der Waals surface area (Å²) in [5.41, 5.74) is 2.01. The SMILES string of the molecule is Cc1cccnc1Cn1ccc(C(=O)O)n1. The summed E-state index contributed by atoms with van der Waals surface area (Å²) in [6.07, 6.45) is 3.35. The summed E-state index contributed by atoms with van der Waals surface area (Å²) in [5, 5.41) is 12.7. The van der Waals surface area contributed by atoms with Crippen molar-refractivity contribution in [2.75, 3.05) is 0 Å². The van der Waals surface area contributed by atoms with Crippen molar-refractivity contribution in [1.29, 1.82) is 0 Å². The summed E-state index contributed by atoms with van der Waals surface area (Å²) in [4.78, 5) is 14.9. The lowest BCUT2D eigenvalue weighted by molar-refractivity contribution is 0.0689. The van der Waals surface area contributed by atoms with Gasteiger partial charge in [0.15, 0.2) is 5.69 Å². The molecule has 16 heavy (non-hydrogen) atoms. The van der Waals surface area contributed by atoms with Gasteiger partial charge in [-0.1, -0.05) is 6.07 Å². The third-order valence-corrected chi connectivity index (χ3v) is 2.29. The fourth-order valence-electron chi connectivity index (χ4n) is 1.40. The molecule has 2 aromatic rings. The van der Waals surface area contributed by atoms with E-state index < -0.39 is 5.97 Å². The van der Waals surface area contributed by atoms with E-state index >= 15 is 0 Å². The van der Waals surface area contributed by atoms with Gasteiger partial charge in [0.25, 0.3) is 0 Å². The van der Waals surface area contributed by atoms with Crippen molar-refractivity contribution < 1.29 is 9.90 Å². The van der Waals surface area contributed by atoms with Crippen molar-refractivity contribution in [3.8, 4) is 0 Å². The third-order valence-electron chi connectivity index (χ3n) is 2.29. The Hall–Kier alpha value is -2.17. The van der Waals surface area contributed by atoms with Crippen LogP contribution in [-0.4, -0.2) is 25.8 Å². The molecule has 1 N–H and O–H groups in total. The Morgan fingerprint density at radius 2 is 2.31 bits per heavy atom. The number of pyridine rings is 1. The highest BCUT2D eigenvalue weighted by atomic mass is 16.4. The Morgan fingerprint density at radius 1 is 1.50 bits per heavy atom. The van der Waals surface area contributed by atoms with Gasteiger partial charge in [-0.2, -0.15) is 5.10 Å². The van der Waals surface area contributed by atoms with Gasteiger partial charge in [-0.25, -0.2) is 4.79 Å². The Morgan fingerprint density at radius 3 is 2.94 bits per heavy atom. The fraction of sp³-hybridized carbons (Fsp3) is 0.182. The molecule has 2 aromatic heterocycles. The lowest BCUT2D eigenvalue weighted by Crippen LogP contribution is -2.06. The number of aromatic nitrogens is 3. The van der Waals surface area contributed by atoms with Gasteiger partial charge >= 0.3 is 5.97 Å². The second-order valence-electron chi connectivity index (χ2n) is 3.47. The molecule has 0 aliphatic rings. The fourth-order valence-corrected chi connectivity index (χ4v) is 1.40. The van der Waals surface area contributed by atoms with Gasteiger partial charge in [0.1, 0.15) is 0 Å². The van der Waals surface area contributed by atoms with Crippen molar-refractivity contribution in [3.63, 3.8) is 0 Å². The molecule has 82 valence electrons. The van der Waals surface area contributed by atoms with Crippen LogP contribution in [0.4, 0.5) is 0 Å². The van der Waals surface area contributed by atoms with E-state index in [0.29, 0.717) is 6.54 Å². The van der Waals surface area contributed by atoms with Gasteiger partial charge in [0.05, 0.1) is 12.2 Å². The van der Waals surface area contributed by atoms with E-state index in [1.165, 1.54) is 6.07 Å². The maximum atomic E-state index is 10.6. The van der Waals surface area contributed by atoms with E-state index in [9.17, 15) is 4.79 Å². The van der Waals surface area contributed by atoms with Crippen LogP contribution in [0.5, 0.6) is 0 Å². The smallest absolute Gasteiger partial charge is 0.356 e. The minimum absolute atomic E-state index is 0.0496. The number of nitrogens with zero attached hydrogens (tertiary/aromatic N) is 3. The van der Waals surface area contributed by atoms with E-state index in [-0.39, 0.29) is 5.69 Å². The highest BCUT2D eigenvalue weighted by Gasteiger charge is 2.07. The van der Waals surface area contributed by atoms with Crippen LogP contribution in [0.1, 0.15) is 21.7 Å². The van der Waals surface area contributed by atoms with Crippen molar-refractivity contribution >= 4 is 5.97 Å². The summed E-state index contributed by atoms with van der Waals surface area (Å²) in [6.45, 7) is 2.45. The molecule has 0 amide bonds. The van der Waals surface area contributed by atoms with Crippen LogP contribution in [0.3, 0.4) is 0 Å². The van der Waals surface area contributed by atoms with Crippen LogP contribution < -0.4 is 0 Å². The number of aromatic carboxylic acids is 1. The molecule has 0 fully saturated rings. The molecule has 5 heteroatoms. The largest absolute Gasteiger partial charge is 0.476 e. The first kappa shape index (κ1) is 10.4. The highest BCUT2D eigenvalue weighted by Crippen LogP contribution is 2.05. The van der Waals surface area contributed by atoms with E-state index in [1.807, 2.05) is 19.1 Å². The molecule has 0 spiro atoms.